The highest BCUT2D eigenvalue weighted by Crippen LogP contribution is 2.36. The Hall–Kier alpha value is -2.09. The van der Waals surface area contributed by atoms with Gasteiger partial charge in [-0.3, -0.25) is 4.79 Å². The molecule has 0 saturated heterocycles. The summed E-state index contributed by atoms with van der Waals surface area (Å²) in [4.78, 5) is 12.0. The maximum Gasteiger partial charge on any atom is 0.164 e. The van der Waals surface area contributed by atoms with Crippen LogP contribution in [-0.2, 0) is 6.42 Å². The van der Waals surface area contributed by atoms with Gasteiger partial charge in [0.2, 0.25) is 0 Å². The van der Waals surface area contributed by atoms with Gasteiger partial charge < -0.3 is 4.42 Å². The minimum atomic E-state index is 0.247. The number of furan rings is 1. The fraction of sp³-hybridized carbons (Fsp3) is 0.133. The number of Topliss-reactive ketones (excluding diaryl/α,β-unsaturated/α-hetero) is 1. The Labute approximate surface area is 97.8 Å². The molecule has 2 heteroatoms. The van der Waals surface area contributed by atoms with Crippen molar-refractivity contribution in [3.63, 3.8) is 0 Å². The number of carbonyl (C=O) groups is 1. The van der Waals surface area contributed by atoms with Gasteiger partial charge in [0.25, 0.3) is 0 Å². The van der Waals surface area contributed by atoms with Crippen molar-refractivity contribution >= 4 is 27.7 Å². The lowest BCUT2D eigenvalue weighted by Gasteiger charge is -1.98. The topological polar surface area (TPSA) is 30.2 Å². The third-order valence-corrected chi connectivity index (χ3v) is 3.53. The molecule has 0 amide bonds. The largest absolute Gasteiger partial charge is 0.456 e. The third-order valence-electron chi connectivity index (χ3n) is 3.53. The molecule has 17 heavy (non-hydrogen) atoms. The lowest BCUT2D eigenvalue weighted by atomic mass is 10.0. The molecular weight excluding hydrogens is 212 g/mol. The Bertz CT molecular complexity index is 765. The van der Waals surface area contributed by atoms with E-state index >= 15 is 0 Å². The summed E-state index contributed by atoms with van der Waals surface area (Å²) in [6.45, 7) is 0. The van der Waals surface area contributed by atoms with Crippen LogP contribution >= 0.6 is 0 Å². The van der Waals surface area contributed by atoms with Crippen molar-refractivity contribution in [2.75, 3.05) is 0 Å². The van der Waals surface area contributed by atoms with Crippen LogP contribution in [-0.4, -0.2) is 5.78 Å². The van der Waals surface area contributed by atoms with Gasteiger partial charge in [0.15, 0.2) is 5.78 Å². The lowest BCUT2D eigenvalue weighted by molar-refractivity contribution is 0.0996. The number of para-hydroxylation sites is 1. The number of hydrogen-bond donors (Lipinski definition) is 0. The summed E-state index contributed by atoms with van der Waals surface area (Å²) in [6.07, 6.45) is 1.50. The second-order valence-corrected chi connectivity index (χ2v) is 4.49. The van der Waals surface area contributed by atoms with E-state index in [-0.39, 0.29) is 5.78 Å². The molecule has 0 spiro atoms. The molecule has 3 aromatic rings. The fourth-order valence-corrected chi connectivity index (χ4v) is 2.76. The molecule has 0 radical (unpaired) electrons. The van der Waals surface area contributed by atoms with Crippen LogP contribution in [0.4, 0.5) is 0 Å². The molecule has 0 N–H and O–H groups in total. The van der Waals surface area contributed by atoms with Crippen LogP contribution in [0.25, 0.3) is 21.9 Å². The van der Waals surface area contributed by atoms with Gasteiger partial charge in [-0.15, -0.1) is 0 Å². The average molecular weight is 222 g/mol. The van der Waals surface area contributed by atoms with Crippen molar-refractivity contribution in [1.29, 1.82) is 0 Å². The third kappa shape index (κ3) is 1.07. The van der Waals surface area contributed by atoms with E-state index in [0.29, 0.717) is 6.42 Å². The van der Waals surface area contributed by atoms with Gasteiger partial charge in [0.05, 0.1) is 0 Å². The Kier molecular flexibility index (Phi) is 1.57. The van der Waals surface area contributed by atoms with Crippen LogP contribution in [0, 0.1) is 0 Å². The highest BCUT2D eigenvalue weighted by Gasteiger charge is 2.24. The molecular formula is C15H10O2. The monoisotopic (exact) mass is 222 g/mol. The standard InChI is InChI=1S/C15H10O2/c16-11-7-5-9-6-8-13-15(14(9)11)10-3-1-2-4-12(10)17-13/h1-4,6,8H,5,7H2. The van der Waals surface area contributed by atoms with Gasteiger partial charge in [-0.2, -0.15) is 0 Å². The Morgan fingerprint density at radius 2 is 1.82 bits per heavy atom. The zero-order valence-electron chi connectivity index (χ0n) is 9.19. The zero-order valence-corrected chi connectivity index (χ0v) is 9.19. The Morgan fingerprint density at radius 3 is 2.76 bits per heavy atom. The first-order chi connectivity index (χ1) is 8.34. The van der Waals surface area contributed by atoms with Gasteiger partial charge >= 0.3 is 0 Å². The SMILES string of the molecule is O=C1CCc2ccc3oc4ccccc4c3c21. The van der Waals surface area contributed by atoms with Crippen LogP contribution < -0.4 is 0 Å². The highest BCUT2D eigenvalue weighted by molar-refractivity contribution is 6.19. The maximum atomic E-state index is 12.0. The first kappa shape index (κ1) is 8.99. The lowest BCUT2D eigenvalue weighted by Crippen LogP contribution is -1.91. The minimum Gasteiger partial charge on any atom is -0.456 e. The number of rotatable bonds is 0. The predicted molar refractivity (Wildman–Crippen MR) is 66.4 cm³/mol. The van der Waals surface area contributed by atoms with E-state index in [1.54, 1.807) is 0 Å². The van der Waals surface area contributed by atoms with Gasteiger partial charge in [-0.1, -0.05) is 24.3 Å². The predicted octanol–water partition coefficient (Wildman–Crippen LogP) is 3.71. The van der Waals surface area contributed by atoms with Crippen LogP contribution in [0.3, 0.4) is 0 Å². The number of hydrogen-bond acceptors (Lipinski definition) is 2. The first-order valence-electron chi connectivity index (χ1n) is 5.81. The first-order valence-corrected chi connectivity index (χ1v) is 5.81. The summed E-state index contributed by atoms with van der Waals surface area (Å²) in [5.41, 5.74) is 3.72. The van der Waals surface area contributed by atoms with E-state index < -0.39 is 0 Å². The number of fused-ring (bicyclic) bond motifs is 5. The smallest absolute Gasteiger partial charge is 0.164 e. The summed E-state index contributed by atoms with van der Waals surface area (Å²) < 4.78 is 5.77. The van der Waals surface area contributed by atoms with Gasteiger partial charge in [-0.05, 0) is 24.1 Å². The normalized spacial score (nSPS) is 14.7. The number of carbonyl (C=O) groups excluding carboxylic acids is 1. The molecule has 2 nitrogen and oxygen atoms in total. The van der Waals surface area contributed by atoms with Gasteiger partial charge in [-0.25, -0.2) is 0 Å². The second-order valence-electron chi connectivity index (χ2n) is 4.49. The molecule has 1 aliphatic carbocycles. The second kappa shape index (κ2) is 2.98. The van der Waals surface area contributed by atoms with E-state index in [9.17, 15) is 4.79 Å². The highest BCUT2D eigenvalue weighted by atomic mass is 16.3. The maximum absolute atomic E-state index is 12.0. The molecule has 0 aliphatic heterocycles. The van der Waals surface area contributed by atoms with Crippen molar-refractivity contribution in [3.05, 3.63) is 47.5 Å². The van der Waals surface area contributed by atoms with Crippen molar-refractivity contribution in [3.8, 4) is 0 Å². The van der Waals surface area contributed by atoms with Crippen LogP contribution in [0.2, 0.25) is 0 Å². The molecule has 0 saturated carbocycles. The number of ketones is 1. The molecule has 4 rings (SSSR count). The van der Waals surface area contributed by atoms with Crippen molar-refractivity contribution < 1.29 is 9.21 Å². The molecule has 1 aromatic heterocycles. The number of benzene rings is 2. The molecule has 82 valence electrons. The average Bonchev–Trinajstić information content (AvgIpc) is 2.90. The van der Waals surface area contributed by atoms with Gasteiger partial charge in [0.1, 0.15) is 11.2 Å². The van der Waals surface area contributed by atoms with E-state index in [4.69, 9.17) is 4.42 Å². The molecule has 0 unspecified atom stereocenters. The summed E-state index contributed by atoms with van der Waals surface area (Å²) in [5, 5.41) is 2.05. The molecule has 0 fully saturated rings. The van der Waals surface area contributed by atoms with Crippen LogP contribution in [0.15, 0.2) is 40.8 Å². The summed E-state index contributed by atoms with van der Waals surface area (Å²) >= 11 is 0. The Balaban J connectivity index is 2.29. The molecule has 0 bridgehead atoms. The summed E-state index contributed by atoms with van der Waals surface area (Å²) in [5.74, 6) is 0.247. The van der Waals surface area contributed by atoms with E-state index in [1.165, 1.54) is 0 Å². The van der Waals surface area contributed by atoms with E-state index in [0.717, 1.165) is 39.5 Å². The summed E-state index contributed by atoms with van der Waals surface area (Å²) in [7, 11) is 0. The van der Waals surface area contributed by atoms with E-state index in [1.807, 2.05) is 36.4 Å². The zero-order chi connectivity index (χ0) is 11.4. The molecule has 0 atom stereocenters. The van der Waals surface area contributed by atoms with E-state index in [2.05, 4.69) is 0 Å². The van der Waals surface area contributed by atoms with Crippen LogP contribution in [0.5, 0.6) is 0 Å². The Morgan fingerprint density at radius 1 is 0.941 bits per heavy atom. The number of aryl methyl sites for hydroxylation is 1. The minimum absolute atomic E-state index is 0.247. The van der Waals surface area contributed by atoms with Gasteiger partial charge in [0, 0.05) is 22.8 Å². The molecule has 1 heterocycles. The fourth-order valence-electron chi connectivity index (χ4n) is 2.76. The van der Waals surface area contributed by atoms with Crippen molar-refractivity contribution in [2.45, 2.75) is 12.8 Å². The van der Waals surface area contributed by atoms with Crippen LogP contribution in [0.1, 0.15) is 22.3 Å². The van der Waals surface area contributed by atoms with Crippen molar-refractivity contribution in [1.82, 2.24) is 0 Å². The van der Waals surface area contributed by atoms with Crippen molar-refractivity contribution in [2.24, 2.45) is 0 Å². The molecule has 2 aromatic carbocycles. The quantitative estimate of drug-likeness (QED) is 0.580. The molecule has 1 aliphatic rings. The summed E-state index contributed by atoms with van der Waals surface area (Å²) in [6, 6.07) is 11.9.